The Labute approximate surface area is 113 Å². The van der Waals surface area contributed by atoms with Crippen molar-refractivity contribution in [3.8, 4) is 0 Å². The highest BCUT2D eigenvalue weighted by Crippen LogP contribution is 2.14. The molecule has 1 aromatic carbocycles. The average Bonchev–Trinajstić information content (AvgIpc) is 2.33. The van der Waals surface area contributed by atoms with E-state index in [1.165, 1.54) is 12.3 Å². The lowest BCUT2D eigenvalue weighted by Gasteiger charge is -2.18. The zero-order valence-corrected chi connectivity index (χ0v) is 11.7. The summed E-state index contributed by atoms with van der Waals surface area (Å²) in [4.78, 5) is 12.2. The van der Waals surface area contributed by atoms with Gasteiger partial charge in [0.05, 0.1) is 5.75 Å². The molecule has 1 aromatic rings. The molecule has 0 saturated carbocycles. The summed E-state index contributed by atoms with van der Waals surface area (Å²) < 4.78 is 22.2. The maximum atomic E-state index is 11.1. The number of rotatable bonds is 6. The molecule has 0 fully saturated rings. The number of carboxylic acid groups (broad SMARTS) is 1. The van der Waals surface area contributed by atoms with Crippen molar-refractivity contribution in [3.63, 3.8) is 0 Å². The van der Waals surface area contributed by atoms with Gasteiger partial charge in [0.2, 0.25) is 0 Å². The van der Waals surface area contributed by atoms with Gasteiger partial charge in [0.1, 0.15) is 9.84 Å². The Morgan fingerprint density at radius 1 is 1.32 bits per heavy atom. The Morgan fingerprint density at radius 3 is 2.37 bits per heavy atom. The van der Waals surface area contributed by atoms with Gasteiger partial charge in [-0.05, 0) is 23.8 Å². The quantitative estimate of drug-likeness (QED) is 0.796. The summed E-state index contributed by atoms with van der Waals surface area (Å²) in [5.74, 6) is -0.890. The molecule has 0 spiro atoms. The van der Waals surface area contributed by atoms with E-state index >= 15 is 0 Å². The van der Waals surface area contributed by atoms with Gasteiger partial charge in [-0.2, -0.15) is 0 Å². The van der Waals surface area contributed by atoms with Crippen molar-refractivity contribution in [2.24, 2.45) is 0 Å². The minimum Gasteiger partial charge on any atom is -0.478 e. The molecule has 0 aromatic heterocycles. The first-order chi connectivity index (χ1) is 8.78. The van der Waals surface area contributed by atoms with E-state index in [1.54, 1.807) is 12.1 Å². The van der Waals surface area contributed by atoms with Gasteiger partial charge in [-0.15, -0.1) is 0 Å². The van der Waals surface area contributed by atoms with Crippen LogP contribution in [-0.2, 0) is 14.6 Å². The Morgan fingerprint density at radius 2 is 1.89 bits per heavy atom. The van der Waals surface area contributed by atoms with E-state index in [2.05, 4.69) is 0 Å². The van der Waals surface area contributed by atoms with Crippen molar-refractivity contribution < 1.29 is 18.3 Å². The minimum atomic E-state index is -2.97. The van der Waals surface area contributed by atoms with Gasteiger partial charge in [-0.1, -0.05) is 12.1 Å². The molecule has 1 N–H and O–H groups in total. The highest BCUT2D eigenvalue weighted by atomic mass is 32.2. The maximum Gasteiger partial charge on any atom is 0.328 e. The van der Waals surface area contributed by atoms with Gasteiger partial charge in [0.15, 0.2) is 0 Å². The van der Waals surface area contributed by atoms with Crippen LogP contribution in [-0.4, -0.2) is 45.1 Å². The van der Waals surface area contributed by atoms with Crippen LogP contribution in [0.4, 0.5) is 5.69 Å². The SMILES string of the molecule is CN(CCS(C)(=O)=O)c1ccc(C=CC(=O)O)cc1. The number of hydrogen-bond acceptors (Lipinski definition) is 4. The Kier molecular flexibility index (Phi) is 5.11. The molecule has 0 bridgehead atoms. The van der Waals surface area contributed by atoms with Crippen LogP contribution in [0, 0.1) is 0 Å². The predicted octanol–water partition coefficient (Wildman–Crippen LogP) is 1.27. The van der Waals surface area contributed by atoms with Crippen LogP contribution in [0.3, 0.4) is 0 Å². The third-order valence-corrected chi connectivity index (χ3v) is 3.47. The van der Waals surface area contributed by atoms with Gasteiger partial charge in [0.25, 0.3) is 0 Å². The highest BCUT2D eigenvalue weighted by molar-refractivity contribution is 7.90. The molecule has 19 heavy (non-hydrogen) atoms. The molecule has 104 valence electrons. The monoisotopic (exact) mass is 283 g/mol. The first-order valence-corrected chi connectivity index (χ1v) is 7.74. The van der Waals surface area contributed by atoms with Crippen LogP contribution in [0.5, 0.6) is 0 Å². The van der Waals surface area contributed by atoms with Gasteiger partial charge in [-0.3, -0.25) is 0 Å². The number of benzene rings is 1. The molecular formula is C13H17NO4S. The van der Waals surface area contributed by atoms with Gasteiger partial charge in [0, 0.05) is 31.6 Å². The zero-order chi connectivity index (χ0) is 14.5. The molecule has 1 rings (SSSR count). The molecule has 0 heterocycles. The van der Waals surface area contributed by atoms with Crippen molar-refractivity contribution in [2.75, 3.05) is 30.5 Å². The van der Waals surface area contributed by atoms with Crippen LogP contribution in [0.1, 0.15) is 5.56 Å². The summed E-state index contributed by atoms with van der Waals surface area (Å²) in [6, 6.07) is 7.21. The molecule has 0 saturated heterocycles. The second kappa shape index (κ2) is 6.38. The zero-order valence-electron chi connectivity index (χ0n) is 10.9. The Balaban J connectivity index is 2.68. The predicted molar refractivity (Wildman–Crippen MR) is 76.1 cm³/mol. The summed E-state index contributed by atoms with van der Waals surface area (Å²) in [6.07, 6.45) is 3.78. The Hall–Kier alpha value is -1.82. The van der Waals surface area contributed by atoms with E-state index in [-0.39, 0.29) is 5.75 Å². The van der Waals surface area contributed by atoms with Crippen LogP contribution >= 0.6 is 0 Å². The molecule has 0 amide bonds. The van der Waals surface area contributed by atoms with Gasteiger partial charge in [-0.25, -0.2) is 13.2 Å². The lowest BCUT2D eigenvalue weighted by molar-refractivity contribution is -0.131. The summed E-state index contributed by atoms with van der Waals surface area (Å²) in [6.45, 7) is 0.420. The standard InChI is InChI=1S/C13H17NO4S/c1-14(9-10-19(2,17)18)12-6-3-11(4-7-12)5-8-13(15)16/h3-8H,9-10H2,1-2H3,(H,15,16). The lowest BCUT2D eigenvalue weighted by Crippen LogP contribution is -2.24. The number of sulfone groups is 1. The summed E-state index contributed by atoms with van der Waals surface area (Å²) in [7, 11) is -1.16. The van der Waals surface area contributed by atoms with Crippen LogP contribution < -0.4 is 4.90 Å². The molecule has 0 atom stereocenters. The van der Waals surface area contributed by atoms with Crippen LogP contribution in [0.15, 0.2) is 30.3 Å². The third kappa shape index (κ3) is 6.05. The second-order valence-electron chi connectivity index (χ2n) is 4.31. The topological polar surface area (TPSA) is 74.7 Å². The van der Waals surface area contributed by atoms with E-state index < -0.39 is 15.8 Å². The average molecular weight is 283 g/mol. The molecule has 0 unspecified atom stereocenters. The summed E-state index contributed by atoms with van der Waals surface area (Å²) >= 11 is 0. The molecule has 0 radical (unpaired) electrons. The highest BCUT2D eigenvalue weighted by Gasteiger charge is 2.06. The van der Waals surface area contributed by atoms with E-state index in [1.807, 2.05) is 24.1 Å². The molecular weight excluding hydrogens is 266 g/mol. The first-order valence-electron chi connectivity index (χ1n) is 5.68. The largest absolute Gasteiger partial charge is 0.478 e. The fraction of sp³-hybridized carbons (Fsp3) is 0.308. The first kappa shape index (κ1) is 15.2. The molecule has 0 aliphatic heterocycles. The van der Waals surface area contributed by atoms with E-state index in [4.69, 9.17) is 5.11 Å². The molecule has 6 heteroatoms. The molecule has 5 nitrogen and oxygen atoms in total. The number of aliphatic carboxylic acids is 1. The van der Waals surface area contributed by atoms with Crippen molar-refractivity contribution in [2.45, 2.75) is 0 Å². The second-order valence-corrected chi connectivity index (χ2v) is 6.57. The summed E-state index contributed by atoms with van der Waals surface area (Å²) in [5, 5.41) is 8.51. The van der Waals surface area contributed by atoms with Crippen molar-refractivity contribution >= 4 is 27.6 Å². The number of nitrogens with zero attached hydrogens (tertiary/aromatic N) is 1. The Bertz CT molecular complexity index is 561. The van der Waals surface area contributed by atoms with E-state index in [0.29, 0.717) is 6.54 Å². The van der Waals surface area contributed by atoms with E-state index in [0.717, 1.165) is 17.3 Å². The smallest absolute Gasteiger partial charge is 0.328 e. The third-order valence-electron chi connectivity index (χ3n) is 2.55. The number of carboxylic acids is 1. The number of carbonyl (C=O) groups is 1. The normalized spacial score (nSPS) is 11.7. The van der Waals surface area contributed by atoms with Crippen molar-refractivity contribution in [1.82, 2.24) is 0 Å². The maximum absolute atomic E-state index is 11.1. The summed E-state index contributed by atoms with van der Waals surface area (Å²) in [5.41, 5.74) is 1.67. The van der Waals surface area contributed by atoms with Crippen molar-refractivity contribution in [3.05, 3.63) is 35.9 Å². The van der Waals surface area contributed by atoms with Crippen molar-refractivity contribution in [1.29, 1.82) is 0 Å². The van der Waals surface area contributed by atoms with Gasteiger partial charge < -0.3 is 10.0 Å². The number of hydrogen-bond donors (Lipinski definition) is 1. The lowest BCUT2D eigenvalue weighted by atomic mass is 10.2. The van der Waals surface area contributed by atoms with E-state index in [9.17, 15) is 13.2 Å². The van der Waals surface area contributed by atoms with Crippen LogP contribution in [0.2, 0.25) is 0 Å². The molecule has 0 aliphatic rings. The minimum absolute atomic E-state index is 0.101. The number of anilines is 1. The molecule has 0 aliphatic carbocycles. The fourth-order valence-electron chi connectivity index (χ4n) is 1.44. The fourth-order valence-corrected chi connectivity index (χ4v) is 2.04. The van der Waals surface area contributed by atoms with Gasteiger partial charge >= 0.3 is 5.97 Å². The van der Waals surface area contributed by atoms with Crippen LogP contribution in [0.25, 0.3) is 6.08 Å².